The highest BCUT2D eigenvalue weighted by atomic mass is 32.1. The summed E-state index contributed by atoms with van der Waals surface area (Å²) in [6.07, 6.45) is 0. The van der Waals surface area contributed by atoms with E-state index in [1.807, 2.05) is 0 Å². The van der Waals surface area contributed by atoms with Crippen LogP contribution < -0.4 is 10.7 Å². The molecule has 0 saturated heterocycles. The SMILES string of the molecule is CCOC(=O)c1ccsc1NC(=O)c1cc(=O)c2ccccc2o1. The van der Waals surface area contributed by atoms with E-state index in [9.17, 15) is 14.4 Å². The highest BCUT2D eigenvalue weighted by Crippen LogP contribution is 2.25. The van der Waals surface area contributed by atoms with Gasteiger partial charge in [0.15, 0.2) is 11.2 Å². The van der Waals surface area contributed by atoms with Crippen molar-refractivity contribution in [3.63, 3.8) is 0 Å². The number of rotatable bonds is 4. The summed E-state index contributed by atoms with van der Waals surface area (Å²) in [5.74, 6) is -1.25. The van der Waals surface area contributed by atoms with E-state index in [2.05, 4.69) is 5.32 Å². The zero-order valence-corrected chi connectivity index (χ0v) is 13.5. The molecule has 0 aliphatic rings. The summed E-state index contributed by atoms with van der Waals surface area (Å²) in [6.45, 7) is 1.94. The lowest BCUT2D eigenvalue weighted by molar-refractivity contribution is 0.0528. The number of thiophene rings is 1. The highest BCUT2D eigenvalue weighted by molar-refractivity contribution is 7.14. The van der Waals surface area contributed by atoms with Gasteiger partial charge in [0.2, 0.25) is 0 Å². The zero-order chi connectivity index (χ0) is 17.1. The van der Waals surface area contributed by atoms with Crippen molar-refractivity contribution >= 4 is 39.2 Å². The van der Waals surface area contributed by atoms with Gasteiger partial charge in [-0.1, -0.05) is 12.1 Å². The molecule has 0 bridgehead atoms. The maximum absolute atomic E-state index is 12.4. The first-order chi connectivity index (χ1) is 11.6. The number of carbonyl (C=O) groups is 2. The van der Waals surface area contributed by atoms with Gasteiger partial charge in [-0.2, -0.15) is 0 Å². The van der Waals surface area contributed by atoms with Crippen LogP contribution in [0.2, 0.25) is 0 Å². The molecule has 0 unspecified atom stereocenters. The average molecular weight is 343 g/mol. The summed E-state index contributed by atoms with van der Waals surface area (Å²) in [5, 5.41) is 4.99. The molecule has 6 nitrogen and oxygen atoms in total. The van der Waals surface area contributed by atoms with E-state index >= 15 is 0 Å². The Kier molecular flexibility index (Phi) is 4.43. The number of hydrogen-bond donors (Lipinski definition) is 1. The van der Waals surface area contributed by atoms with Crippen LogP contribution in [0.1, 0.15) is 27.8 Å². The maximum Gasteiger partial charge on any atom is 0.341 e. The average Bonchev–Trinajstić information content (AvgIpc) is 3.03. The second-order valence-corrected chi connectivity index (χ2v) is 5.73. The molecule has 1 amide bonds. The predicted octanol–water partition coefficient (Wildman–Crippen LogP) is 3.28. The molecule has 2 heterocycles. The molecule has 0 aliphatic carbocycles. The van der Waals surface area contributed by atoms with Crippen LogP contribution in [0, 0.1) is 0 Å². The van der Waals surface area contributed by atoms with Gasteiger partial charge < -0.3 is 14.5 Å². The fraction of sp³-hybridized carbons (Fsp3) is 0.118. The number of amides is 1. The molecule has 0 fully saturated rings. The van der Waals surface area contributed by atoms with Gasteiger partial charge in [0, 0.05) is 6.07 Å². The number of fused-ring (bicyclic) bond motifs is 1. The number of nitrogens with one attached hydrogen (secondary N) is 1. The summed E-state index contributed by atoms with van der Waals surface area (Å²) in [6, 6.07) is 9.37. The summed E-state index contributed by atoms with van der Waals surface area (Å²) in [7, 11) is 0. The number of para-hydroxylation sites is 1. The van der Waals surface area contributed by atoms with Crippen molar-refractivity contribution < 1.29 is 18.7 Å². The molecule has 3 aromatic rings. The molecule has 0 aliphatic heterocycles. The van der Waals surface area contributed by atoms with E-state index < -0.39 is 11.9 Å². The van der Waals surface area contributed by atoms with Crippen molar-refractivity contribution in [1.29, 1.82) is 0 Å². The fourth-order valence-electron chi connectivity index (χ4n) is 2.16. The third-order valence-corrected chi connectivity index (χ3v) is 4.08. The number of ether oxygens (including phenoxy) is 1. The fourth-order valence-corrected chi connectivity index (χ4v) is 2.93. The highest BCUT2D eigenvalue weighted by Gasteiger charge is 2.18. The Bertz CT molecular complexity index is 972. The Morgan fingerprint density at radius 1 is 1.25 bits per heavy atom. The molecular formula is C17H13NO5S. The smallest absolute Gasteiger partial charge is 0.341 e. The van der Waals surface area contributed by atoms with Crippen molar-refractivity contribution in [2.75, 3.05) is 11.9 Å². The number of carbonyl (C=O) groups excluding carboxylic acids is 2. The molecule has 0 radical (unpaired) electrons. The Morgan fingerprint density at radius 2 is 2.04 bits per heavy atom. The van der Waals surface area contributed by atoms with Crippen molar-refractivity contribution in [2.24, 2.45) is 0 Å². The van der Waals surface area contributed by atoms with Gasteiger partial charge in [-0.15, -0.1) is 11.3 Å². The minimum atomic E-state index is -0.606. The van der Waals surface area contributed by atoms with E-state index in [0.717, 1.165) is 6.07 Å². The van der Waals surface area contributed by atoms with E-state index in [4.69, 9.17) is 9.15 Å². The molecule has 0 saturated carbocycles. The second-order valence-electron chi connectivity index (χ2n) is 4.81. The van der Waals surface area contributed by atoms with Gasteiger partial charge in [0.25, 0.3) is 5.91 Å². The molecule has 2 aromatic heterocycles. The Balaban J connectivity index is 1.90. The van der Waals surface area contributed by atoms with E-state index in [0.29, 0.717) is 16.0 Å². The van der Waals surface area contributed by atoms with Crippen molar-refractivity contribution in [3.05, 3.63) is 63.3 Å². The minimum absolute atomic E-state index is 0.123. The van der Waals surface area contributed by atoms with Gasteiger partial charge in [-0.3, -0.25) is 9.59 Å². The standard InChI is InChI=1S/C17H13NO5S/c1-2-22-17(21)11-7-8-24-16(11)18-15(20)14-9-12(19)10-5-3-4-6-13(10)23-14/h3-9H,2H2,1H3,(H,18,20). The number of benzene rings is 1. The molecular weight excluding hydrogens is 330 g/mol. The lowest BCUT2D eigenvalue weighted by Crippen LogP contribution is -2.16. The molecule has 24 heavy (non-hydrogen) atoms. The molecule has 1 aromatic carbocycles. The third-order valence-electron chi connectivity index (χ3n) is 3.25. The first kappa shape index (κ1) is 15.9. The van der Waals surface area contributed by atoms with Crippen LogP contribution >= 0.6 is 11.3 Å². The maximum atomic E-state index is 12.4. The normalized spacial score (nSPS) is 10.5. The molecule has 0 spiro atoms. The first-order valence-electron chi connectivity index (χ1n) is 7.19. The second kappa shape index (κ2) is 6.67. The van der Waals surface area contributed by atoms with Gasteiger partial charge in [0.1, 0.15) is 10.6 Å². The van der Waals surface area contributed by atoms with Crippen molar-refractivity contribution in [2.45, 2.75) is 6.92 Å². The molecule has 7 heteroatoms. The lowest BCUT2D eigenvalue weighted by atomic mass is 10.2. The van der Waals surface area contributed by atoms with Crippen LogP contribution in [0.3, 0.4) is 0 Å². The summed E-state index contributed by atoms with van der Waals surface area (Å²) in [5.41, 5.74) is 0.282. The van der Waals surface area contributed by atoms with Crippen LogP contribution in [0.15, 0.2) is 51.0 Å². The third kappa shape index (κ3) is 3.07. The van der Waals surface area contributed by atoms with Gasteiger partial charge in [-0.25, -0.2) is 4.79 Å². The summed E-state index contributed by atoms with van der Waals surface area (Å²) < 4.78 is 10.4. The number of anilines is 1. The molecule has 3 rings (SSSR count). The van der Waals surface area contributed by atoms with Crippen molar-refractivity contribution in [1.82, 2.24) is 0 Å². The van der Waals surface area contributed by atoms with E-state index in [-0.39, 0.29) is 23.4 Å². The lowest BCUT2D eigenvalue weighted by Gasteiger charge is -2.06. The van der Waals surface area contributed by atoms with Crippen LogP contribution in [-0.2, 0) is 4.74 Å². The molecule has 1 N–H and O–H groups in total. The number of esters is 1. The van der Waals surface area contributed by atoms with Crippen LogP contribution in [0.5, 0.6) is 0 Å². The first-order valence-corrected chi connectivity index (χ1v) is 8.07. The topological polar surface area (TPSA) is 85.6 Å². The predicted molar refractivity (Wildman–Crippen MR) is 90.7 cm³/mol. The van der Waals surface area contributed by atoms with Crippen LogP contribution in [0.25, 0.3) is 11.0 Å². The minimum Gasteiger partial charge on any atom is -0.462 e. The van der Waals surface area contributed by atoms with Crippen LogP contribution in [0.4, 0.5) is 5.00 Å². The Labute approximate surface area is 140 Å². The van der Waals surface area contributed by atoms with Gasteiger partial charge in [0.05, 0.1) is 17.6 Å². The Hall–Kier alpha value is -2.93. The molecule has 122 valence electrons. The van der Waals surface area contributed by atoms with Gasteiger partial charge >= 0.3 is 5.97 Å². The summed E-state index contributed by atoms with van der Waals surface area (Å²) >= 11 is 1.18. The van der Waals surface area contributed by atoms with Gasteiger partial charge in [-0.05, 0) is 30.5 Å². The zero-order valence-electron chi connectivity index (χ0n) is 12.7. The Morgan fingerprint density at radius 3 is 2.83 bits per heavy atom. The summed E-state index contributed by atoms with van der Waals surface area (Å²) in [4.78, 5) is 36.2. The van der Waals surface area contributed by atoms with Crippen molar-refractivity contribution in [3.8, 4) is 0 Å². The number of hydrogen-bond acceptors (Lipinski definition) is 6. The largest absolute Gasteiger partial charge is 0.462 e. The van der Waals surface area contributed by atoms with E-state index in [1.54, 1.807) is 42.6 Å². The monoisotopic (exact) mass is 343 g/mol. The molecule has 0 atom stereocenters. The quantitative estimate of drug-likeness (QED) is 0.735. The van der Waals surface area contributed by atoms with Crippen LogP contribution in [-0.4, -0.2) is 18.5 Å². The van der Waals surface area contributed by atoms with E-state index in [1.165, 1.54) is 11.3 Å².